The normalized spacial score (nSPS) is 17.1. The molecule has 0 atom stereocenters. The fourth-order valence-electron chi connectivity index (χ4n) is 4.80. The molecule has 2 aliphatic heterocycles. The molecule has 0 bridgehead atoms. The van der Waals surface area contributed by atoms with Crippen LogP contribution < -0.4 is 9.47 Å². The lowest BCUT2D eigenvalue weighted by molar-refractivity contribution is -0.181. The Bertz CT molecular complexity index is 1240. The van der Waals surface area contributed by atoms with Crippen LogP contribution in [0.2, 0.25) is 0 Å². The minimum atomic E-state index is -0.536. The first-order valence-electron chi connectivity index (χ1n) is 11.9. The van der Waals surface area contributed by atoms with E-state index >= 15 is 0 Å². The molecule has 1 amide bonds. The van der Waals surface area contributed by atoms with E-state index in [2.05, 4.69) is 12.1 Å². The van der Waals surface area contributed by atoms with Crippen molar-refractivity contribution in [1.82, 2.24) is 14.7 Å². The minimum absolute atomic E-state index is 0.0648. The van der Waals surface area contributed by atoms with Crippen LogP contribution in [0.15, 0.2) is 42.5 Å². The molecule has 8 nitrogen and oxygen atoms in total. The molecule has 0 N–H and O–H groups in total. The molecule has 1 spiro atoms. The highest BCUT2D eigenvalue weighted by atomic mass is 16.7. The van der Waals surface area contributed by atoms with Gasteiger partial charge in [0, 0.05) is 37.6 Å². The van der Waals surface area contributed by atoms with Crippen LogP contribution in [0, 0.1) is 13.8 Å². The average Bonchev–Trinajstić information content (AvgIpc) is 3.53. The van der Waals surface area contributed by atoms with Crippen LogP contribution in [0.5, 0.6) is 11.5 Å². The van der Waals surface area contributed by atoms with Gasteiger partial charge in [-0.1, -0.05) is 12.1 Å². The molecule has 1 aromatic heterocycles. The molecule has 3 aromatic rings. The number of hydrogen-bond donors (Lipinski definition) is 0. The van der Waals surface area contributed by atoms with Gasteiger partial charge in [0.05, 0.1) is 38.8 Å². The monoisotopic (exact) mass is 477 g/mol. The molecule has 0 aliphatic carbocycles. The van der Waals surface area contributed by atoms with Crippen molar-refractivity contribution in [3.63, 3.8) is 0 Å². The van der Waals surface area contributed by atoms with Gasteiger partial charge in [0.25, 0.3) is 5.91 Å². The summed E-state index contributed by atoms with van der Waals surface area (Å²) in [6, 6.07) is 13.6. The quantitative estimate of drug-likeness (QED) is 0.550. The fourth-order valence-corrected chi connectivity index (χ4v) is 4.80. The molecule has 8 heteroatoms. The van der Waals surface area contributed by atoms with Gasteiger partial charge in [-0.05, 0) is 49.2 Å². The summed E-state index contributed by atoms with van der Waals surface area (Å²) < 4.78 is 24.4. The summed E-state index contributed by atoms with van der Waals surface area (Å²) >= 11 is 0. The van der Waals surface area contributed by atoms with Crippen LogP contribution in [0.4, 0.5) is 0 Å². The molecular formula is C27H31N3O5. The van der Waals surface area contributed by atoms with Gasteiger partial charge in [-0.3, -0.25) is 4.79 Å². The number of benzene rings is 2. The summed E-state index contributed by atoms with van der Waals surface area (Å²) in [5, 5.41) is 4.90. The zero-order chi connectivity index (χ0) is 24.6. The molecule has 3 heterocycles. The summed E-state index contributed by atoms with van der Waals surface area (Å²) in [7, 11) is 3.23. The van der Waals surface area contributed by atoms with Crippen molar-refractivity contribution >= 4 is 5.91 Å². The van der Waals surface area contributed by atoms with Crippen LogP contribution in [0.1, 0.15) is 34.5 Å². The van der Waals surface area contributed by atoms with Gasteiger partial charge in [-0.2, -0.15) is 5.10 Å². The zero-order valence-corrected chi connectivity index (χ0v) is 20.7. The smallest absolute Gasteiger partial charge is 0.272 e. The fraction of sp³-hybridized carbons (Fsp3) is 0.407. The molecule has 2 saturated heterocycles. The Hall–Kier alpha value is -3.36. The van der Waals surface area contributed by atoms with E-state index in [1.54, 1.807) is 18.9 Å². The maximum Gasteiger partial charge on any atom is 0.272 e. The predicted molar refractivity (Wildman–Crippen MR) is 131 cm³/mol. The Morgan fingerprint density at radius 1 is 0.971 bits per heavy atom. The number of likely N-dealkylation sites (tertiary alicyclic amines) is 1. The number of hydrogen-bond acceptors (Lipinski definition) is 6. The van der Waals surface area contributed by atoms with Crippen LogP contribution in [-0.4, -0.2) is 66.9 Å². The Balaban J connectivity index is 1.55. The third-order valence-corrected chi connectivity index (χ3v) is 6.83. The number of ether oxygens (including phenoxy) is 4. The molecule has 184 valence electrons. The number of carbonyl (C=O) groups is 1. The number of methoxy groups -OCH3 is 2. The number of aromatic nitrogens is 2. The second-order valence-corrected chi connectivity index (χ2v) is 9.08. The second kappa shape index (κ2) is 9.36. The first-order chi connectivity index (χ1) is 16.9. The Kier molecular flexibility index (Phi) is 6.25. The van der Waals surface area contributed by atoms with Gasteiger partial charge >= 0.3 is 0 Å². The van der Waals surface area contributed by atoms with Crippen LogP contribution in [0.3, 0.4) is 0 Å². The van der Waals surface area contributed by atoms with Crippen molar-refractivity contribution in [2.75, 3.05) is 40.5 Å². The molecule has 2 aromatic carbocycles. The lowest BCUT2D eigenvalue weighted by Crippen LogP contribution is -2.47. The Labute approximate surface area is 205 Å². The van der Waals surface area contributed by atoms with Gasteiger partial charge < -0.3 is 23.8 Å². The molecule has 2 fully saturated rings. The Morgan fingerprint density at radius 3 is 2.40 bits per heavy atom. The Morgan fingerprint density at radius 2 is 1.71 bits per heavy atom. The van der Waals surface area contributed by atoms with E-state index in [0.717, 1.165) is 22.4 Å². The first kappa shape index (κ1) is 23.4. The molecule has 0 saturated carbocycles. The molecule has 2 aliphatic rings. The maximum atomic E-state index is 13.8. The van der Waals surface area contributed by atoms with E-state index in [1.165, 1.54) is 0 Å². The number of carbonyl (C=O) groups excluding carboxylic acids is 1. The van der Waals surface area contributed by atoms with Gasteiger partial charge in [0.15, 0.2) is 5.79 Å². The third kappa shape index (κ3) is 4.39. The highest BCUT2D eigenvalue weighted by molar-refractivity contribution is 5.95. The molecule has 5 rings (SSSR count). The lowest BCUT2D eigenvalue weighted by atomic mass is 10.0. The largest absolute Gasteiger partial charge is 0.497 e. The predicted octanol–water partition coefficient (Wildman–Crippen LogP) is 4.15. The van der Waals surface area contributed by atoms with Crippen molar-refractivity contribution in [3.8, 4) is 28.4 Å². The average molecular weight is 478 g/mol. The number of amides is 1. The first-order valence-corrected chi connectivity index (χ1v) is 11.9. The number of piperidine rings is 1. The van der Waals surface area contributed by atoms with Crippen molar-refractivity contribution in [3.05, 3.63) is 59.3 Å². The van der Waals surface area contributed by atoms with E-state index < -0.39 is 5.79 Å². The summed E-state index contributed by atoms with van der Waals surface area (Å²) in [6.07, 6.45) is 1.32. The van der Waals surface area contributed by atoms with Gasteiger partial charge in [0.2, 0.25) is 0 Å². The molecule has 0 unspecified atom stereocenters. The maximum absolute atomic E-state index is 13.8. The van der Waals surface area contributed by atoms with Crippen LogP contribution in [-0.2, 0) is 9.47 Å². The van der Waals surface area contributed by atoms with Crippen molar-refractivity contribution in [2.24, 2.45) is 0 Å². The van der Waals surface area contributed by atoms with E-state index in [9.17, 15) is 4.79 Å². The number of rotatable bonds is 5. The van der Waals surface area contributed by atoms with Crippen LogP contribution >= 0.6 is 0 Å². The van der Waals surface area contributed by atoms with Crippen LogP contribution in [0.25, 0.3) is 16.9 Å². The van der Waals surface area contributed by atoms with Gasteiger partial charge in [0.1, 0.15) is 17.2 Å². The van der Waals surface area contributed by atoms with E-state index in [0.29, 0.717) is 62.0 Å². The summed E-state index contributed by atoms with van der Waals surface area (Å²) in [5.74, 6) is 0.718. The third-order valence-electron chi connectivity index (χ3n) is 6.83. The number of aryl methyl sites for hydroxylation is 2. The SMILES string of the molecule is COc1ccc(-c2cc(C(=O)N3CCC4(CC3)OCCO4)n(-c3cc(C)ccc3C)n2)c(OC)c1. The van der Waals surface area contributed by atoms with Crippen molar-refractivity contribution in [1.29, 1.82) is 0 Å². The van der Waals surface area contributed by atoms with Crippen molar-refractivity contribution in [2.45, 2.75) is 32.5 Å². The van der Waals surface area contributed by atoms with Gasteiger partial charge in [-0.25, -0.2) is 4.68 Å². The van der Waals surface area contributed by atoms with Crippen molar-refractivity contribution < 1.29 is 23.7 Å². The second-order valence-electron chi connectivity index (χ2n) is 9.08. The molecule has 0 radical (unpaired) electrons. The van der Waals surface area contributed by atoms with Gasteiger partial charge in [-0.15, -0.1) is 0 Å². The highest BCUT2D eigenvalue weighted by Gasteiger charge is 2.41. The van der Waals surface area contributed by atoms with E-state index in [1.807, 2.05) is 49.1 Å². The minimum Gasteiger partial charge on any atom is -0.497 e. The lowest BCUT2D eigenvalue weighted by Gasteiger charge is -2.37. The summed E-state index contributed by atoms with van der Waals surface area (Å²) in [6.45, 7) is 6.42. The summed E-state index contributed by atoms with van der Waals surface area (Å²) in [4.78, 5) is 15.7. The summed E-state index contributed by atoms with van der Waals surface area (Å²) in [5.41, 5.74) is 4.96. The standard InChI is InChI=1S/C27H31N3O5/c1-18-5-6-19(2)23(15-18)30-24(26(31)29-11-9-27(10-12-29)34-13-14-35-27)17-22(28-30)21-8-7-20(32-3)16-25(21)33-4/h5-8,15-17H,9-14H2,1-4H3. The molecule has 35 heavy (non-hydrogen) atoms. The number of nitrogens with zero attached hydrogens (tertiary/aromatic N) is 3. The molecular weight excluding hydrogens is 446 g/mol. The topological polar surface area (TPSA) is 75.0 Å². The highest BCUT2D eigenvalue weighted by Crippen LogP contribution is 2.35. The van der Waals surface area contributed by atoms with E-state index in [-0.39, 0.29) is 5.91 Å². The van der Waals surface area contributed by atoms with E-state index in [4.69, 9.17) is 24.0 Å². The zero-order valence-electron chi connectivity index (χ0n) is 20.7.